The van der Waals surface area contributed by atoms with Crippen molar-refractivity contribution in [3.05, 3.63) is 87.2 Å². The number of hydrogen-bond acceptors (Lipinski definition) is 4. The second kappa shape index (κ2) is 11.2. The van der Waals surface area contributed by atoms with Crippen LogP contribution in [0.2, 0.25) is 0 Å². The van der Waals surface area contributed by atoms with Gasteiger partial charge in [0.15, 0.2) is 6.07 Å². The van der Waals surface area contributed by atoms with Gasteiger partial charge >= 0.3 is 6.04 Å². The van der Waals surface area contributed by atoms with Crippen LogP contribution in [0.25, 0.3) is 15.3 Å². The van der Waals surface area contributed by atoms with Gasteiger partial charge in [0.2, 0.25) is 0 Å². The van der Waals surface area contributed by atoms with Gasteiger partial charge in [0.05, 0.1) is 32.3 Å². The van der Waals surface area contributed by atoms with Crippen LogP contribution in [0.3, 0.4) is 0 Å². The van der Waals surface area contributed by atoms with Crippen LogP contribution in [0.1, 0.15) is 54.9 Å². The quantitative estimate of drug-likeness (QED) is 0.395. The van der Waals surface area contributed by atoms with E-state index >= 15 is 0 Å². The highest BCUT2D eigenvalue weighted by Gasteiger charge is 2.44. The van der Waals surface area contributed by atoms with Gasteiger partial charge in [-0.1, -0.05) is 12.1 Å². The van der Waals surface area contributed by atoms with E-state index in [1.54, 1.807) is 14.2 Å². The molecule has 2 atom stereocenters. The first-order valence-electron chi connectivity index (χ1n) is 11.6. The van der Waals surface area contributed by atoms with Crippen molar-refractivity contribution < 1.29 is 9.47 Å². The lowest BCUT2D eigenvalue weighted by molar-refractivity contribution is 0.378. The van der Waals surface area contributed by atoms with Crippen molar-refractivity contribution in [3.63, 3.8) is 0 Å². The molecule has 2 aliphatic rings. The number of allylic oxidation sites excluding steroid dienone is 2. The molecule has 0 saturated carbocycles. The molecule has 0 aliphatic heterocycles. The van der Waals surface area contributed by atoms with Gasteiger partial charge in [-0.3, -0.25) is 4.85 Å². The van der Waals surface area contributed by atoms with Crippen LogP contribution < -0.4 is 9.47 Å². The van der Waals surface area contributed by atoms with E-state index in [0.29, 0.717) is 0 Å². The maximum atomic E-state index is 9.20. The summed E-state index contributed by atoms with van der Waals surface area (Å²) in [5, 5.41) is 18.2. The Labute approximate surface area is 207 Å². The van der Waals surface area contributed by atoms with Crippen LogP contribution in [0.15, 0.2) is 42.1 Å². The zero-order valence-corrected chi connectivity index (χ0v) is 20.4. The average Bonchev–Trinajstić information content (AvgIpc) is 2.90. The Hall–Kier alpha value is -4.26. The smallest absolute Gasteiger partial charge is 0.316 e. The largest absolute Gasteiger partial charge is 0.497 e. The van der Waals surface area contributed by atoms with Crippen molar-refractivity contribution in [1.29, 1.82) is 10.5 Å². The van der Waals surface area contributed by atoms with E-state index in [1.807, 2.05) is 43.3 Å². The SMILES string of the molecule is [C-]#[N+]/C(C#N)=C1/CCCc2ccc(OC)cc21.[C-]#[N+]C(C#N)C1(C)CCCc2ccc(OC)cc21. The average molecular weight is 465 g/mol. The molecule has 2 aliphatic carbocycles. The summed E-state index contributed by atoms with van der Waals surface area (Å²) < 4.78 is 10.5. The molecule has 0 amide bonds. The lowest BCUT2D eigenvalue weighted by Gasteiger charge is -2.34. The van der Waals surface area contributed by atoms with Crippen molar-refractivity contribution in [2.45, 2.75) is 56.9 Å². The summed E-state index contributed by atoms with van der Waals surface area (Å²) >= 11 is 0. The number of hydrogen-bond donors (Lipinski definition) is 0. The summed E-state index contributed by atoms with van der Waals surface area (Å²) in [4.78, 5) is 6.82. The standard InChI is InChI=1S/C15H16N2O.C14H12N2O/c1-15(14(10-16)17-2)8-4-5-11-6-7-12(18-3)9-13(11)15;1-16-14(9-15)12-5-3-4-10-6-7-11(17-2)8-13(10)12/h6-7,9,14H,4-5,8H2,1,3H3;6-8H,3-5H2,2H3/b;14-12-. The van der Waals surface area contributed by atoms with Crippen LogP contribution in [0.4, 0.5) is 0 Å². The molecule has 2 aromatic rings. The molecule has 4 rings (SSSR count). The highest BCUT2D eigenvalue weighted by Crippen LogP contribution is 2.42. The third-order valence-corrected chi connectivity index (χ3v) is 6.95. The number of nitriles is 2. The van der Waals surface area contributed by atoms with E-state index < -0.39 is 6.04 Å². The molecule has 6 nitrogen and oxygen atoms in total. The molecule has 0 fully saturated rings. The van der Waals surface area contributed by atoms with Crippen molar-refractivity contribution >= 4 is 5.57 Å². The first kappa shape index (κ1) is 25.4. The lowest BCUT2D eigenvalue weighted by Crippen LogP contribution is -2.37. The van der Waals surface area contributed by atoms with E-state index in [9.17, 15) is 5.26 Å². The molecule has 0 radical (unpaired) electrons. The number of rotatable bonds is 3. The van der Waals surface area contributed by atoms with Gasteiger partial charge in [-0.2, -0.15) is 5.26 Å². The molecule has 0 heterocycles. The van der Waals surface area contributed by atoms with Gasteiger partial charge in [0.1, 0.15) is 11.5 Å². The van der Waals surface area contributed by atoms with E-state index in [-0.39, 0.29) is 11.1 Å². The molecule has 6 heteroatoms. The summed E-state index contributed by atoms with van der Waals surface area (Å²) in [6.07, 6.45) is 5.72. The highest BCUT2D eigenvalue weighted by atomic mass is 16.5. The van der Waals surface area contributed by atoms with Crippen LogP contribution in [-0.4, -0.2) is 20.3 Å². The van der Waals surface area contributed by atoms with E-state index in [1.165, 1.54) is 11.1 Å². The Kier molecular flexibility index (Phi) is 8.15. The summed E-state index contributed by atoms with van der Waals surface area (Å²) in [5.74, 6) is 1.56. The van der Waals surface area contributed by atoms with Gasteiger partial charge in [0, 0.05) is 0 Å². The first-order chi connectivity index (χ1) is 16.9. The number of ether oxygens (including phenoxy) is 2. The van der Waals surface area contributed by atoms with Crippen molar-refractivity contribution in [3.8, 4) is 23.6 Å². The predicted octanol–water partition coefficient (Wildman–Crippen LogP) is 6.29. The fourth-order valence-electron chi connectivity index (χ4n) is 4.99. The molecular weight excluding hydrogens is 436 g/mol. The third-order valence-electron chi connectivity index (χ3n) is 6.95. The maximum Gasteiger partial charge on any atom is 0.316 e. The highest BCUT2D eigenvalue weighted by molar-refractivity contribution is 5.77. The number of fused-ring (bicyclic) bond motifs is 2. The summed E-state index contributed by atoms with van der Waals surface area (Å²) in [5.41, 5.74) is 5.25. The molecule has 0 aromatic heterocycles. The van der Waals surface area contributed by atoms with Crippen LogP contribution >= 0.6 is 0 Å². The lowest BCUT2D eigenvalue weighted by atomic mass is 9.67. The van der Waals surface area contributed by atoms with Gasteiger partial charge < -0.3 is 9.47 Å². The number of nitrogens with zero attached hydrogens (tertiary/aromatic N) is 4. The van der Waals surface area contributed by atoms with Crippen molar-refractivity contribution in [1.82, 2.24) is 0 Å². The molecule has 35 heavy (non-hydrogen) atoms. The zero-order valence-electron chi connectivity index (χ0n) is 20.4. The minimum absolute atomic E-state index is 0.208. The minimum Gasteiger partial charge on any atom is -0.497 e. The van der Waals surface area contributed by atoms with Gasteiger partial charge in [0.25, 0.3) is 5.70 Å². The first-order valence-corrected chi connectivity index (χ1v) is 11.6. The summed E-state index contributed by atoms with van der Waals surface area (Å²) in [6, 6.07) is 15.4. The van der Waals surface area contributed by atoms with Gasteiger partial charge in [-0.15, -0.1) is 0 Å². The van der Waals surface area contributed by atoms with Gasteiger partial charge in [-0.25, -0.2) is 16.7 Å². The van der Waals surface area contributed by atoms with Crippen molar-refractivity contribution in [2.24, 2.45) is 0 Å². The maximum absolute atomic E-state index is 9.20. The topological polar surface area (TPSA) is 74.8 Å². The van der Waals surface area contributed by atoms with Gasteiger partial charge in [-0.05, 0) is 97.5 Å². The second-order valence-electron chi connectivity index (χ2n) is 8.88. The van der Waals surface area contributed by atoms with E-state index in [2.05, 4.69) is 21.8 Å². The Morgan fingerprint density at radius 1 is 0.971 bits per heavy atom. The van der Waals surface area contributed by atoms with Crippen molar-refractivity contribution in [2.75, 3.05) is 14.2 Å². The van der Waals surface area contributed by atoms with Crippen LogP contribution in [0, 0.1) is 35.8 Å². The number of benzene rings is 2. The van der Waals surface area contributed by atoms with E-state index in [0.717, 1.165) is 66.7 Å². The predicted molar refractivity (Wildman–Crippen MR) is 134 cm³/mol. The molecule has 0 bridgehead atoms. The summed E-state index contributed by atoms with van der Waals surface area (Å²) in [6.45, 7) is 16.3. The molecule has 0 spiro atoms. The monoisotopic (exact) mass is 464 g/mol. The second-order valence-corrected chi connectivity index (χ2v) is 8.88. The molecule has 176 valence electrons. The Balaban J connectivity index is 0.000000196. The number of methoxy groups -OCH3 is 2. The summed E-state index contributed by atoms with van der Waals surface area (Å²) in [7, 11) is 3.26. The van der Waals surface area contributed by atoms with E-state index in [4.69, 9.17) is 27.9 Å². The molecule has 2 unspecified atom stereocenters. The molecule has 0 N–H and O–H groups in total. The molecular formula is C29H28N4O2. The van der Waals surface area contributed by atoms with Crippen LogP contribution in [-0.2, 0) is 18.3 Å². The molecule has 2 aromatic carbocycles. The normalized spacial score (nSPS) is 20.0. The minimum atomic E-state index is -0.622. The molecule has 0 saturated heterocycles. The fraction of sp³-hybridized carbons (Fsp3) is 0.379. The third kappa shape index (κ3) is 5.14. The number of aryl methyl sites for hydroxylation is 2. The fourth-order valence-corrected chi connectivity index (χ4v) is 4.99. The van der Waals surface area contributed by atoms with Crippen LogP contribution in [0.5, 0.6) is 11.5 Å². The Bertz CT molecular complexity index is 1270. The Morgan fingerprint density at radius 3 is 2.23 bits per heavy atom. The Morgan fingerprint density at radius 2 is 1.63 bits per heavy atom. The zero-order chi connectivity index (χ0) is 25.4.